The van der Waals surface area contributed by atoms with Crippen LogP contribution in [0.25, 0.3) is 5.69 Å². The molecule has 2 heterocycles. The van der Waals surface area contributed by atoms with Crippen molar-refractivity contribution in [3.63, 3.8) is 0 Å². The standard InChI is InChI=1S/C17H11Cl2FN4/c1-9-22-23-14-8-21-17(10-4-2-3-5-12(10)20)15-13(24(9)14)7-6-11(18)16(15)19/h2-7H,8H2,1H3. The lowest BCUT2D eigenvalue weighted by Crippen LogP contribution is -2.11. The third-order valence-corrected chi connectivity index (χ3v) is 4.75. The molecule has 0 atom stereocenters. The molecular weight excluding hydrogens is 350 g/mol. The van der Waals surface area contributed by atoms with Crippen molar-refractivity contribution in [1.82, 2.24) is 14.8 Å². The third-order valence-electron chi connectivity index (χ3n) is 3.95. The van der Waals surface area contributed by atoms with E-state index in [0.29, 0.717) is 38.5 Å². The maximum atomic E-state index is 14.4. The average molecular weight is 361 g/mol. The summed E-state index contributed by atoms with van der Waals surface area (Å²) in [5, 5.41) is 8.97. The van der Waals surface area contributed by atoms with Gasteiger partial charge in [0.1, 0.15) is 18.2 Å². The molecule has 0 saturated carbocycles. The molecule has 1 aliphatic heterocycles. The van der Waals surface area contributed by atoms with Crippen LogP contribution in [0.2, 0.25) is 10.0 Å². The zero-order valence-electron chi connectivity index (χ0n) is 12.6. The average Bonchev–Trinajstić information content (AvgIpc) is 2.85. The van der Waals surface area contributed by atoms with E-state index in [2.05, 4.69) is 15.2 Å². The number of hydrogen-bond donors (Lipinski definition) is 0. The molecule has 0 saturated heterocycles. The largest absolute Gasteiger partial charge is 0.281 e. The first-order valence-corrected chi connectivity index (χ1v) is 8.02. The Morgan fingerprint density at radius 1 is 1.08 bits per heavy atom. The van der Waals surface area contributed by atoms with E-state index in [4.69, 9.17) is 23.2 Å². The van der Waals surface area contributed by atoms with E-state index < -0.39 is 0 Å². The number of benzene rings is 2. The van der Waals surface area contributed by atoms with Crippen LogP contribution in [-0.4, -0.2) is 20.5 Å². The van der Waals surface area contributed by atoms with Gasteiger partial charge >= 0.3 is 0 Å². The summed E-state index contributed by atoms with van der Waals surface area (Å²) in [5.41, 5.74) is 2.15. The molecular formula is C17H11Cl2FN4. The van der Waals surface area contributed by atoms with Crippen LogP contribution in [0.4, 0.5) is 4.39 Å². The molecule has 4 rings (SSSR count). The number of hydrogen-bond acceptors (Lipinski definition) is 3. The normalized spacial score (nSPS) is 13.1. The number of halogens is 3. The second-order valence-electron chi connectivity index (χ2n) is 5.40. The van der Waals surface area contributed by atoms with Crippen molar-refractivity contribution in [2.75, 3.05) is 0 Å². The lowest BCUT2D eigenvalue weighted by molar-refractivity contribution is 0.625. The minimum atomic E-state index is -0.368. The molecule has 0 fully saturated rings. The van der Waals surface area contributed by atoms with Gasteiger partial charge in [0.2, 0.25) is 0 Å². The SMILES string of the molecule is Cc1nnc2n1-c1ccc(Cl)c(Cl)c1C(c1ccccc1F)=NC2. The summed E-state index contributed by atoms with van der Waals surface area (Å²) >= 11 is 12.7. The van der Waals surface area contributed by atoms with E-state index in [0.717, 1.165) is 5.69 Å². The molecule has 0 radical (unpaired) electrons. The van der Waals surface area contributed by atoms with Gasteiger partial charge < -0.3 is 0 Å². The Morgan fingerprint density at radius 2 is 1.88 bits per heavy atom. The van der Waals surface area contributed by atoms with Gasteiger partial charge in [-0.3, -0.25) is 9.56 Å². The van der Waals surface area contributed by atoms with Gasteiger partial charge in [0.05, 0.1) is 21.4 Å². The van der Waals surface area contributed by atoms with Crippen LogP contribution in [0.1, 0.15) is 22.8 Å². The van der Waals surface area contributed by atoms with Crippen LogP contribution in [0.3, 0.4) is 0 Å². The molecule has 24 heavy (non-hydrogen) atoms. The highest BCUT2D eigenvalue weighted by Crippen LogP contribution is 2.35. The maximum Gasteiger partial charge on any atom is 0.159 e. The van der Waals surface area contributed by atoms with Gasteiger partial charge in [-0.2, -0.15) is 0 Å². The topological polar surface area (TPSA) is 43.1 Å². The minimum absolute atomic E-state index is 0.271. The summed E-state index contributed by atoms with van der Waals surface area (Å²) in [7, 11) is 0. The molecule has 120 valence electrons. The lowest BCUT2D eigenvalue weighted by Gasteiger charge is -2.15. The fourth-order valence-electron chi connectivity index (χ4n) is 2.88. The highest BCUT2D eigenvalue weighted by molar-refractivity contribution is 6.45. The number of rotatable bonds is 1. The van der Waals surface area contributed by atoms with Crippen LogP contribution in [-0.2, 0) is 6.54 Å². The second-order valence-corrected chi connectivity index (χ2v) is 6.18. The molecule has 7 heteroatoms. The molecule has 0 spiro atoms. The zero-order chi connectivity index (χ0) is 16.8. The third kappa shape index (κ3) is 2.24. The Morgan fingerprint density at radius 3 is 2.67 bits per heavy atom. The van der Waals surface area contributed by atoms with Crippen LogP contribution in [0, 0.1) is 12.7 Å². The highest BCUT2D eigenvalue weighted by Gasteiger charge is 2.26. The quantitative estimate of drug-likeness (QED) is 0.646. The van der Waals surface area contributed by atoms with E-state index in [1.165, 1.54) is 6.07 Å². The first-order valence-electron chi connectivity index (χ1n) is 7.27. The first kappa shape index (κ1) is 15.3. The summed E-state index contributed by atoms with van der Waals surface area (Å²) in [4.78, 5) is 4.56. The summed E-state index contributed by atoms with van der Waals surface area (Å²) < 4.78 is 16.2. The Balaban J connectivity index is 2.08. The molecule has 0 N–H and O–H groups in total. The van der Waals surface area contributed by atoms with Crippen molar-refractivity contribution >= 4 is 28.9 Å². The first-order chi connectivity index (χ1) is 11.6. The lowest BCUT2D eigenvalue weighted by atomic mass is 9.99. The van der Waals surface area contributed by atoms with Crippen molar-refractivity contribution in [2.24, 2.45) is 4.99 Å². The molecule has 3 aromatic rings. The van der Waals surface area contributed by atoms with Gasteiger partial charge in [0, 0.05) is 11.1 Å². The Bertz CT molecular complexity index is 994. The molecule has 0 aliphatic carbocycles. The van der Waals surface area contributed by atoms with Gasteiger partial charge in [-0.05, 0) is 31.2 Å². The van der Waals surface area contributed by atoms with Crippen LogP contribution >= 0.6 is 23.2 Å². The van der Waals surface area contributed by atoms with E-state index >= 15 is 0 Å². The van der Waals surface area contributed by atoms with Gasteiger partial charge in [-0.15, -0.1) is 10.2 Å². The Kier molecular flexibility index (Phi) is 3.62. The number of aliphatic imine (C=N–C) groups is 1. The van der Waals surface area contributed by atoms with Crippen molar-refractivity contribution in [3.8, 4) is 5.69 Å². The second kappa shape index (κ2) is 5.69. The van der Waals surface area contributed by atoms with Crippen molar-refractivity contribution in [1.29, 1.82) is 0 Å². The number of fused-ring (bicyclic) bond motifs is 3. The summed E-state index contributed by atoms with van der Waals surface area (Å²) in [6.07, 6.45) is 0. The van der Waals surface area contributed by atoms with Crippen LogP contribution < -0.4 is 0 Å². The maximum absolute atomic E-state index is 14.4. The summed E-state index contributed by atoms with van der Waals surface area (Å²) in [6, 6.07) is 9.99. The fourth-order valence-corrected chi connectivity index (χ4v) is 3.28. The Hall–Kier alpha value is -2.24. The molecule has 1 aromatic heterocycles. The molecule has 0 unspecified atom stereocenters. The molecule has 0 amide bonds. The molecule has 2 aromatic carbocycles. The molecule has 1 aliphatic rings. The van der Waals surface area contributed by atoms with Gasteiger partial charge in [-0.25, -0.2) is 4.39 Å². The van der Waals surface area contributed by atoms with Gasteiger partial charge in [-0.1, -0.05) is 35.3 Å². The van der Waals surface area contributed by atoms with Crippen LogP contribution in [0.15, 0.2) is 41.4 Å². The predicted molar refractivity (Wildman–Crippen MR) is 91.9 cm³/mol. The number of aryl methyl sites for hydroxylation is 1. The van der Waals surface area contributed by atoms with E-state index in [9.17, 15) is 4.39 Å². The zero-order valence-corrected chi connectivity index (χ0v) is 14.1. The monoisotopic (exact) mass is 360 g/mol. The Labute approximate surface area is 147 Å². The van der Waals surface area contributed by atoms with Gasteiger partial charge in [0.25, 0.3) is 0 Å². The summed E-state index contributed by atoms with van der Waals surface area (Å²) in [6.45, 7) is 2.12. The number of nitrogens with zero attached hydrogens (tertiary/aromatic N) is 4. The van der Waals surface area contributed by atoms with Crippen molar-refractivity contribution in [2.45, 2.75) is 13.5 Å². The van der Waals surface area contributed by atoms with E-state index in [1.807, 2.05) is 17.6 Å². The van der Waals surface area contributed by atoms with Gasteiger partial charge in [0.15, 0.2) is 5.82 Å². The smallest absolute Gasteiger partial charge is 0.159 e. The molecule has 0 bridgehead atoms. The van der Waals surface area contributed by atoms with Crippen molar-refractivity contribution < 1.29 is 4.39 Å². The minimum Gasteiger partial charge on any atom is -0.281 e. The van der Waals surface area contributed by atoms with E-state index in [-0.39, 0.29) is 12.4 Å². The highest BCUT2D eigenvalue weighted by atomic mass is 35.5. The van der Waals surface area contributed by atoms with Crippen molar-refractivity contribution in [3.05, 3.63) is 75.0 Å². The molecule has 4 nitrogen and oxygen atoms in total. The van der Waals surface area contributed by atoms with Crippen LogP contribution in [0.5, 0.6) is 0 Å². The fraction of sp³-hybridized carbons (Fsp3) is 0.118. The van der Waals surface area contributed by atoms with E-state index in [1.54, 1.807) is 24.3 Å². The summed E-state index contributed by atoms with van der Waals surface area (Å²) in [5.74, 6) is 1.00. The predicted octanol–water partition coefficient (Wildman–Crippen LogP) is 4.37. The number of aromatic nitrogens is 3.